The summed E-state index contributed by atoms with van der Waals surface area (Å²) in [6.07, 6.45) is 0. The van der Waals surface area contributed by atoms with Gasteiger partial charge in [-0.05, 0) is 43.7 Å². The van der Waals surface area contributed by atoms with Crippen molar-refractivity contribution in [1.82, 2.24) is 10.2 Å². The van der Waals surface area contributed by atoms with Gasteiger partial charge < -0.3 is 10.1 Å². The van der Waals surface area contributed by atoms with Crippen LogP contribution in [-0.2, 0) is 10.3 Å². The molecule has 1 atom stereocenters. The van der Waals surface area contributed by atoms with E-state index in [1.54, 1.807) is 6.92 Å². The molecule has 0 aromatic heterocycles. The van der Waals surface area contributed by atoms with Gasteiger partial charge in [-0.25, -0.2) is 4.79 Å². The Morgan fingerprint density at radius 1 is 1.08 bits per heavy atom. The van der Waals surface area contributed by atoms with Crippen LogP contribution < -0.4 is 10.1 Å². The number of ether oxygens (including phenoxy) is 1. The van der Waals surface area contributed by atoms with Gasteiger partial charge in [0.15, 0.2) is 0 Å². The average molecular weight is 403 g/mol. The number of halogens is 1. The van der Waals surface area contributed by atoms with Crippen LogP contribution in [0.25, 0.3) is 0 Å². The van der Waals surface area contributed by atoms with Crippen molar-refractivity contribution in [2.75, 3.05) is 13.2 Å². The summed E-state index contributed by atoms with van der Waals surface area (Å²) in [5.41, 5.74) is 0.833. The van der Waals surface area contributed by atoms with E-state index in [1.807, 2.05) is 55.5 Å². The number of urea groups is 1. The van der Waals surface area contributed by atoms with Crippen LogP contribution in [0.3, 0.4) is 0 Å². The average Bonchev–Trinajstić information content (AvgIpc) is 2.81. The minimum Gasteiger partial charge on any atom is -0.492 e. The quantitative estimate of drug-likeness (QED) is 0.777. The summed E-state index contributed by atoms with van der Waals surface area (Å²) in [7, 11) is 0. The molecule has 0 saturated carbocycles. The maximum absolute atomic E-state index is 12.8. The summed E-state index contributed by atoms with van der Waals surface area (Å²) < 4.78 is 6.58. The Hall–Kier alpha value is -2.34. The van der Waals surface area contributed by atoms with E-state index in [2.05, 4.69) is 21.2 Å². The number of hydrogen-bond donors (Lipinski definition) is 1. The molecular formula is C19H19BrN2O3. The summed E-state index contributed by atoms with van der Waals surface area (Å²) in [4.78, 5) is 26.3. The molecule has 130 valence electrons. The number of nitrogens with one attached hydrogen (secondary N) is 1. The largest absolute Gasteiger partial charge is 0.492 e. The second-order valence-corrected chi connectivity index (χ2v) is 7.10. The molecule has 0 radical (unpaired) electrons. The standard InChI is InChI=1S/C19H19BrN2O3/c1-13-3-5-14(6-4-13)19(2)17(23)22(18(24)21-19)11-12-25-16-9-7-15(20)8-10-16/h3-10H,11-12H2,1-2H3,(H,21,24)/t19-/m1/s1. The molecule has 3 amide bonds. The van der Waals surface area contributed by atoms with Gasteiger partial charge in [-0.1, -0.05) is 45.8 Å². The van der Waals surface area contributed by atoms with E-state index in [4.69, 9.17) is 4.74 Å². The molecule has 6 heteroatoms. The number of benzene rings is 2. The van der Waals surface area contributed by atoms with Crippen LogP contribution in [0.1, 0.15) is 18.1 Å². The molecular weight excluding hydrogens is 384 g/mol. The zero-order valence-electron chi connectivity index (χ0n) is 14.1. The minimum absolute atomic E-state index is 0.197. The lowest BCUT2D eigenvalue weighted by Gasteiger charge is -2.22. The molecule has 1 saturated heterocycles. The molecule has 2 aromatic rings. The topological polar surface area (TPSA) is 58.6 Å². The lowest BCUT2D eigenvalue weighted by atomic mass is 9.91. The monoisotopic (exact) mass is 402 g/mol. The van der Waals surface area contributed by atoms with Crippen LogP contribution in [0.15, 0.2) is 53.0 Å². The summed E-state index contributed by atoms with van der Waals surface area (Å²) in [6, 6.07) is 14.6. The van der Waals surface area contributed by atoms with Gasteiger partial charge in [0, 0.05) is 4.47 Å². The molecule has 1 fully saturated rings. The molecule has 5 nitrogen and oxygen atoms in total. The van der Waals surface area contributed by atoms with Crippen molar-refractivity contribution in [3.63, 3.8) is 0 Å². The van der Waals surface area contributed by atoms with E-state index < -0.39 is 11.6 Å². The Morgan fingerprint density at radius 2 is 1.72 bits per heavy atom. The number of aryl methyl sites for hydroxylation is 1. The maximum Gasteiger partial charge on any atom is 0.325 e. The lowest BCUT2D eigenvalue weighted by molar-refractivity contribution is -0.131. The first-order valence-corrected chi connectivity index (χ1v) is 8.79. The van der Waals surface area contributed by atoms with Crippen molar-refractivity contribution in [1.29, 1.82) is 0 Å². The molecule has 1 aliphatic rings. The molecule has 1 N–H and O–H groups in total. The van der Waals surface area contributed by atoms with E-state index in [1.165, 1.54) is 4.90 Å². The highest BCUT2D eigenvalue weighted by molar-refractivity contribution is 9.10. The number of nitrogens with zero attached hydrogens (tertiary/aromatic N) is 1. The molecule has 0 unspecified atom stereocenters. The highest BCUT2D eigenvalue weighted by Gasteiger charge is 2.48. The zero-order valence-corrected chi connectivity index (χ0v) is 15.7. The second-order valence-electron chi connectivity index (χ2n) is 6.18. The normalized spacial score (nSPS) is 19.9. The van der Waals surface area contributed by atoms with Crippen LogP contribution in [0.2, 0.25) is 0 Å². The first kappa shape index (κ1) is 17.5. The van der Waals surface area contributed by atoms with Gasteiger partial charge in [0.05, 0.1) is 6.54 Å². The van der Waals surface area contributed by atoms with Crippen molar-refractivity contribution in [2.24, 2.45) is 0 Å². The van der Waals surface area contributed by atoms with Crippen LogP contribution >= 0.6 is 15.9 Å². The SMILES string of the molecule is Cc1ccc([C@@]2(C)NC(=O)N(CCOc3ccc(Br)cc3)C2=O)cc1. The van der Waals surface area contributed by atoms with Crippen molar-refractivity contribution in [3.05, 3.63) is 64.1 Å². The third-order valence-electron chi connectivity index (χ3n) is 4.30. The number of imide groups is 1. The number of rotatable bonds is 5. The smallest absolute Gasteiger partial charge is 0.325 e. The highest BCUT2D eigenvalue weighted by atomic mass is 79.9. The summed E-state index contributed by atoms with van der Waals surface area (Å²) in [6.45, 7) is 4.15. The van der Waals surface area contributed by atoms with Crippen LogP contribution in [0, 0.1) is 6.92 Å². The van der Waals surface area contributed by atoms with Crippen LogP contribution in [0.5, 0.6) is 5.75 Å². The first-order valence-electron chi connectivity index (χ1n) is 8.00. The van der Waals surface area contributed by atoms with Crippen molar-refractivity contribution in [3.8, 4) is 5.75 Å². The number of hydrogen-bond acceptors (Lipinski definition) is 3. The van der Waals surface area contributed by atoms with E-state index in [-0.39, 0.29) is 19.1 Å². The molecule has 2 aromatic carbocycles. The Kier molecular flexibility index (Phi) is 4.81. The van der Waals surface area contributed by atoms with Crippen molar-refractivity contribution in [2.45, 2.75) is 19.4 Å². The fourth-order valence-corrected chi connectivity index (χ4v) is 3.03. The number of carbonyl (C=O) groups is 2. The van der Waals surface area contributed by atoms with E-state index in [0.717, 1.165) is 15.6 Å². The molecule has 0 bridgehead atoms. The highest BCUT2D eigenvalue weighted by Crippen LogP contribution is 2.29. The van der Waals surface area contributed by atoms with Gasteiger partial charge in [0.25, 0.3) is 5.91 Å². The zero-order chi connectivity index (χ0) is 18.0. The van der Waals surface area contributed by atoms with Gasteiger partial charge in [-0.3, -0.25) is 9.69 Å². The predicted molar refractivity (Wildman–Crippen MR) is 98.4 cm³/mol. The predicted octanol–water partition coefficient (Wildman–Crippen LogP) is 3.60. The maximum atomic E-state index is 12.8. The van der Waals surface area contributed by atoms with Crippen LogP contribution in [0.4, 0.5) is 4.79 Å². The van der Waals surface area contributed by atoms with E-state index in [9.17, 15) is 9.59 Å². The Labute approximate surface area is 155 Å². The van der Waals surface area contributed by atoms with E-state index in [0.29, 0.717) is 5.75 Å². The van der Waals surface area contributed by atoms with Gasteiger partial charge in [0.1, 0.15) is 17.9 Å². The number of amides is 3. The van der Waals surface area contributed by atoms with E-state index >= 15 is 0 Å². The lowest BCUT2D eigenvalue weighted by Crippen LogP contribution is -2.41. The molecule has 0 spiro atoms. The first-order chi connectivity index (χ1) is 11.9. The Bertz CT molecular complexity index is 789. The van der Waals surface area contributed by atoms with Crippen molar-refractivity contribution >= 4 is 27.9 Å². The van der Waals surface area contributed by atoms with Crippen molar-refractivity contribution < 1.29 is 14.3 Å². The van der Waals surface area contributed by atoms with Crippen LogP contribution in [-0.4, -0.2) is 30.0 Å². The summed E-state index contributed by atoms with van der Waals surface area (Å²) in [5.74, 6) is 0.428. The van der Waals surface area contributed by atoms with Gasteiger partial charge >= 0.3 is 6.03 Å². The van der Waals surface area contributed by atoms with Gasteiger partial charge in [-0.15, -0.1) is 0 Å². The Morgan fingerprint density at radius 3 is 2.36 bits per heavy atom. The minimum atomic E-state index is -1.04. The number of carbonyl (C=O) groups excluding carboxylic acids is 2. The molecule has 25 heavy (non-hydrogen) atoms. The third kappa shape index (κ3) is 3.54. The summed E-state index contributed by atoms with van der Waals surface area (Å²) in [5, 5.41) is 2.80. The molecule has 1 aliphatic heterocycles. The fourth-order valence-electron chi connectivity index (χ4n) is 2.77. The fraction of sp³-hybridized carbons (Fsp3) is 0.263. The summed E-state index contributed by atoms with van der Waals surface area (Å²) >= 11 is 3.36. The second kappa shape index (κ2) is 6.88. The van der Waals surface area contributed by atoms with Gasteiger partial charge in [-0.2, -0.15) is 0 Å². The molecule has 0 aliphatic carbocycles. The third-order valence-corrected chi connectivity index (χ3v) is 4.83. The molecule has 1 heterocycles. The molecule has 3 rings (SSSR count). The Balaban J connectivity index is 1.66. The van der Waals surface area contributed by atoms with Gasteiger partial charge in [0.2, 0.25) is 0 Å².